The number of pyridine rings is 1. The van der Waals surface area contributed by atoms with E-state index in [0.29, 0.717) is 11.9 Å². The largest absolute Gasteiger partial charge is 0.383 e. The standard InChI is InChI=1S/C10H11N5/c1-5-2-6-8-7(3-12-10(6)15-5)9(11)14-4-13-8/h3-5H,2H2,1H3,(H,12,15)(H2,11,13,14)/t5-/m1/s1. The van der Waals surface area contributed by atoms with Gasteiger partial charge in [-0.2, -0.15) is 0 Å². The summed E-state index contributed by atoms with van der Waals surface area (Å²) < 4.78 is 0. The molecule has 2 aromatic rings. The van der Waals surface area contributed by atoms with Gasteiger partial charge in [-0.15, -0.1) is 0 Å². The van der Waals surface area contributed by atoms with Crippen LogP contribution in [0.25, 0.3) is 10.9 Å². The lowest BCUT2D eigenvalue weighted by atomic mass is 10.1. The Labute approximate surface area is 86.8 Å². The molecule has 0 amide bonds. The van der Waals surface area contributed by atoms with E-state index in [9.17, 15) is 0 Å². The van der Waals surface area contributed by atoms with Crippen molar-refractivity contribution < 1.29 is 0 Å². The Morgan fingerprint density at radius 3 is 3.13 bits per heavy atom. The Balaban J connectivity index is 2.36. The second-order valence-electron chi connectivity index (χ2n) is 3.86. The number of anilines is 2. The van der Waals surface area contributed by atoms with Gasteiger partial charge in [0.2, 0.25) is 0 Å². The number of aromatic nitrogens is 3. The summed E-state index contributed by atoms with van der Waals surface area (Å²) >= 11 is 0. The van der Waals surface area contributed by atoms with Crippen molar-refractivity contribution >= 4 is 22.5 Å². The molecule has 3 heterocycles. The zero-order valence-electron chi connectivity index (χ0n) is 8.36. The number of nitrogens with two attached hydrogens (primary N) is 1. The average Bonchev–Trinajstić information content (AvgIpc) is 2.59. The molecule has 0 bridgehead atoms. The number of nitrogens with one attached hydrogen (secondary N) is 1. The van der Waals surface area contributed by atoms with Gasteiger partial charge in [0.25, 0.3) is 0 Å². The first-order chi connectivity index (χ1) is 7.25. The highest BCUT2D eigenvalue weighted by molar-refractivity contribution is 5.92. The maximum absolute atomic E-state index is 5.77. The molecule has 0 spiro atoms. The molecular formula is C10H11N5. The van der Waals surface area contributed by atoms with Crippen molar-refractivity contribution in [2.75, 3.05) is 11.1 Å². The SMILES string of the molecule is C[C@@H]1Cc2c(ncc3c(N)ncnc23)N1. The van der Waals surface area contributed by atoms with E-state index >= 15 is 0 Å². The lowest BCUT2D eigenvalue weighted by Gasteiger charge is -2.03. The van der Waals surface area contributed by atoms with E-state index in [2.05, 4.69) is 27.2 Å². The van der Waals surface area contributed by atoms with E-state index in [0.717, 1.165) is 28.7 Å². The highest BCUT2D eigenvalue weighted by atomic mass is 15.0. The third-order valence-electron chi connectivity index (χ3n) is 2.70. The van der Waals surface area contributed by atoms with Crippen molar-refractivity contribution in [3.8, 4) is 0 Å². The Morgan fingerprint density at radius 2 is 2.27 bits per heavy atom. The van der Waals surface area contributed by atoms with E-state index in [1.165, 1.54) is 6.33 Å². The van der Waals surface area contributed by atoms with Crippen LogP contribution >= 0.6 is 0 Å². The van der Waals surface area contributed by atoms with E-state index in [-0.39, 0.29) is 0 Å². The summed E-state index contributed by atoms with van der Waals surface area (Å²) in [6.45, 7) is 2.12. The molecule has 15 heavy (non-hydrogen) atoms. The maximum Gasteiger partial charge on any atom is 0.136 e. The lowest BCUT2D eigenvalue weighted by Crippen LogP contribution is -2.08. The van der Waals surface area contributed by atoms with Gasteiger partial charge in [-0.3, -0.25) is 0 Å². The predicted octanol–water partition coefficient (Wildman–Crippen LogP) is 0.963. The van der Waals surface area contributed by atoms with Crippen molar-refractivity contribution in [2.24, 2.45) is 0 Å². The van der Waals surface area contributed by atoms with Crippen LogP contribution in [0.4, 0.5) is 11.6 Å². The van der Waals surface area contributed by atoms with Gasteiger partial charge in [-0.1, -0.05) is 0 Å². The minimum atomic E-state index is 0.411. The summed E-state index contributed by atoms with van der Waals surface area (Å²) in [7, 11) is 0. The maximum atomic E-state index is 5.77. The van der Waals surface area contributed by atoms with Crippen LogP contribution in [-0.4, -0.2) is 21.0 Å². The Morgan fingerprint density at radius 1 is 1.40 bits per heavy atom. The molecule has 0 unspecified atom stereocenters. The topological polar surface area (TPSA) is 76.7 Å². The van der Waals surface area contributed by atoms with Crippen LogP contribution in [0, 0.1) is 0 Å². The Bertz CT molecular complexity index is 537. The smallest absolute Gasteiger partial charge is 0.136 e. The molecular weight excluding hydrogens is 190 g/mol. The minimum Gasteiger partial charge on any atom is -0.383 e. The van der Waals surface area contributed by atoms with E-state index in [1.807, 2.05) is 0 Å². The van der Waals surface area contributed by atoms with Crippen LogP contribution in [-0.2, 0) is 6.42 Å². The molecule has 0 aliphatic carbocycles. The zero-order valence-corrected chi connectivity index (χ0v) is 8.36. The van der Waals surface area contributed by atoms with Gasteiger partial charge in [-0.25, -0.2) is 15.0 Å². The lowest BCUT2D eigenvalue weighted by molar-refractivity contribution is 0.840. The van der Waals surface area contributed by atoms with Crippen molar-refractivity contribution in [3.05, 3.63) is 18.1 Å². The molecule has 2 aromatic heterocycles. The fourth-order valence-corrected chi connectivity index (χ4v) is 2.00. The van der Waals surface area contributed by atoms with Crippen LogP contribution in [0.2, 0.25) is 0 Å². The normalized spacial score (nSPS) is 18.9. The first kappa shape index (κ1) is 8.40. The van der Waals surface area contributed by atoms with Gasteiger partial charge in [-0.05, 0) is 13.3 Å². The predicted molar refractivity (Wildman–Crippen MR) is 58.5 cm³/mol. The zero-order chi connectivity index (χ0) is 10.4. The van der Waals surface area contributed by atoms with Crippen LogP contribution in [0.5, 0.6) is 0 Å². The second-order valence-corrected chi connectivity index (χ2v) is 3.86. The van der Waals surface area contributed by atoms with Crippen LogP contribution in [0.15, 0.2) is 12.5 Å². The summed E-state index contributed by atoms with van der Waals surface area (Å²) in [6, 6.07) is 0.411. The first-order valence-corrected chi connectivity index (χ1v) is 4.90. The van der Waals surface area contributed by atoms with E-state index in [4.69, 9.17) is 5.73 Å². The third-order valence-corrected chi connectivity index (χ3v) is 2.70. The van der Waals surface area contributed by atoms with Crippen molar-refractivity contribution in [1.82, 2.24) is 15.0 Å². The highest BCUT2D eigenvalue weighted by Gasteiger charge is 2.21. The van der Waals surface area contributed by atoms with Gasteiger partial charge < -0.3 is 11.1 Å². The quantitative estimate of drug-likeness (QED) is 0.664. The van der Waals surface area contributed by atoms with Crippen LogP contribution in [0.3, 0.4) is 0 Å². The van der Waals surface area contributed by atoms with Crippen LogP contribution < -0.4 is 11.1 Å². The Kier molecular flexibility index (Phi) is 1.56. The fourth-order valence-electron chi connectivity index (χ4n) is 2.00. The van der Waals surface area contributed by atoms with Gasteiger partial charge >= 0.3 is 0 Å². The molecule has 0 saturated carbocycles. The molecule has 1 atom stereocenters. The van der Waals surface area contributed by atoms with Crippen molar-refractivity contribution in [1.29, 1.82) is 0 Å². The second kappa shape index (κ2) is 2.79. The summed E-state index contributed by atoms with van der Waals surface area (Å²) in [5.41, 5.74) is 7.84. The van der Waals surface area contributed by atoms with Gasteiger partial charge in [0.1, 0.15) is 18.0 Å². The molecule has 1 aliphatic heterocycles. The molecule has 76 valence electrons. The van der Waals surface area contributed by atoms with Gasteiger partial charge in [0, 0.05) is 17.8 Å². The summed E-state index contributed by atoms with van der Waals surface area (Å²) in [5, 5.41) is 4.14. The molecule has 5 heteroatoms. The molecule has 0 fully saturated rings. The first-order valence-electron chi connectivity index (χ1n) is 4.90. The number of rotatable bonds is 0. The number of nitrogens with zero attached hydrogens (tertiary/aromatic N) is 3. The molecule has 5 nitrogen and oxygen atoms in total. The number of hydrogen-bond acceptors (Lipinski definition) is 5. The minimum absolute atomic E-state index is 0.411. The molecule has 3 N–H and O–H groups in total. The molecule has 0 saturated heterocycles. The van der Waals surface area contributed by atoms with Crippen molar-refractivity contribution in [2.45, 2.75) is 19.4 Å². The average molecular weight is 201 g/mol. The molecule has 0 aromatic carbocycles. The number of fused-ring (bicyclic) bond motifs is 3. The number of nitrogen functional groups attached to an aromatic ring is 1. The third kappa shape index (κ3) is 1.12. The molecule has 1 aliphatic rings. The van der Waals surface area contributed by atoms with Gasteiger partial charge in [0.05, 0.1) is 10.9 Å². The van der Waals surface area contributed by atoms with Crippen molar-refractivity contribution in [3.63, 3.8) is 0 Å². The van der Waals surface area contributed by atoms with E-state index in [1.54, 1.807) is 6.20 Å². The summed E-state index contributed by atoms with van der Waals surface area (Å²) in [6.07, 6.45) is 4.17. The monoisotopic (exact) mass is 201 g/mol. The van der Waals surface area contributed by atoms with Crippen LogP contribution in [0.1, 0.15) is 12.5 Å². The number of hydrogen-bond donors (Lipinski definition) is 2. The molecule has 0 radical (unpaired) electrons. The van der Waals surface area contributed by atoms with Gasteiger partial charge in [0.15, 0.2) is 0 Å². The highest BCUT2D eigenvalue weighted by Crippen LogP contribution is 2.30. The van der Waals surface area contributed by atoms with E-state index < -0.39 is 0 Å². The molecule has 3 rings (SSSR count). The Hall–Kier alpha value is -1.91. The fraction of sp³-hybridized carbons (Fsp3) is 0.300. The summed E-state index contributed by atoms with van der Waals surface area (Å²) in [4.78, 5) is 12.6. The summed E-state index contributed by atoms with van der Waals surface area (Å²) in [5.74, 6) is 1.42.